The van der Waals surface area contributed by atoms with E-state index in [1.54, 1.807) is 7.11 Å². The van der Waals surface area contributed by atoms with Crippen LogP contribution in [0.25, 0.3) is 0 Å². The topological polar surface area (TPSA) is 36.3 Å². The van der Waals surface area contributed by atoms with E-state index in [-0.39, 0.29) is 5.92 Å². The van der Waals surface area contributed by atoms with Crippen molar-refractivity contribution in [3.8, 4) is 11.8 Å². The molecular formula is C14H20N2O. The monoisotopic (exact) mass is 232 g/mol. The third-order valence-electron chi connectivity index (χ3n) is 2.72. The summed E-state index contributed by atoms with van der Waals surface area (Å²) in [6.07, 6.45) is 0.978. The smallest absolute Gasteiger partial charge is 0.119 e. The molecule has 0 aliphatic heterocycles. The molecule has 0 radical (unpaired) electrons. The lowest BCUT2D eigenvalue weighted by atomic mass is 10.1. The molecule has 0 saturated heterocycles. The van der Waals surface area contributed by atoms with Crippen molar-refractivity contribution in [3.63, 3.8) is 0 Å². The van der Waals surface area contributed by atoms with Crippen molar-refractivity contribution in [2.24, 2.45) is 5.92 Å². The predicted octanol–water partition coefficient (Wildman–Crippen LogP) is 2.33. The summed E-state index contributed by atoms with van der Waals surface area (Å²) in [6.45, 7) is 3.72. The number of ether oxygens (including phenoxy) is 1. The van der Waals surface area contributed by atoms with Crippen molar-refractivity contribution in [2.45, 2.75) is 13.3 Å². The van der Waals surface area contributed by atoms with Gasteiger partial charge in [-0.2, -0.15) is 5.26 Å². The molecule has 1 aromatic rings. The fraction of sp³-hybridized carbons (Fsp3) is 0.500. The predicted molar refractivity (Wildman–Crippen MR) is 69.0 cm³/mol. The molecule has 0 aliphatic rings. The minimum absolute atomic E-state index is 0.0882. The second kappa shape index (κ2) is 6.93. The average molecular weight is 232 g/mol. The van der Waals surface area contributed by atoms with Crippen LogP contribution in [0.4, 0.5) is 0 Å². The SMILES string of the molecule is COc1cccc(CCN(C)CC(C)C#N)c1. The van der Waals surface area contributed by atoms with Crippen LogP contribution in [0, 0.1) is 17.2 Å². The molecule has 0 amide bonds. The van der Waals surface area contributed by atoms with Gasteiger partial charge in [0.2, 0.25) is 0 Å². The van der Waals surface area contributed by atoms with E-state index in [2.05, 4.69) is 23.1 Å². The minimum Gasteiger partial charge on any atom is -0.497 e. The first-order valence-corrected chi connectivity index (χ1v) is 5.86. The molecule has 0 heterocycles. The second-order valence-electron chi connectivity index (χ2n) is 4.39. The molecule has 1 aromatic carbocycles. The van der Waals surface area contributed by atoms with E-state index in [4.69, 9.17) is 10.00 Å². The molecule has 92 valence electrons. The van der Waals surface area contributed by atoms with Crippen LogP contribution < -0.4 is 4.74 Å². The van der Waals surface area contributed by atoms with Crippen LogP contribution in [-0.4, -0.2) is 32.1 Å². The highest BCUT2D eigenvalue weighted by Crippen LogP contribution is 2.13. The molecular weight excluding hydrogens is 212 g/mol. The fourth-order valence-corrected chi connectivity index (χ4v) is 1.75. The highest BCUT2D eigenvalue weighted by Gasteiger charge is 2.05. The number of rotatable bonds is 6. The van der Waals surface area contributed by atoms with Gasteiger partial charge in [-0.1, -0.05) is 12.1 Å². The molecule has 17 heavy (non-hydrogen) atoms. The van der Waals surface area contributed by atoms with Crippen molar-refractivity contribution >= 4 is 0 Å². The summed E-state index contributed by atoms with van der Waals surface area (Å²) in [5.74, 6) is 0.987. The van der Waals surface area contributed by atoms with Gasteiger partial charge in [-0.3, -0.25) is 0 Å². The van der Waals surface area contributed by atoms with E-state index in [1.807, 2.05) is 26.1 Å². The number of likely N-dealkylation sites (N-methyl/N-ethyl adjacent to an activating group) is 1. The van der Waals surface area contributed by atoms with E-state index >= 15 is 0 Å². The maximum atomic E-state index is 8.74. The molecule has 3 nitrogen and oxygen atoms in total. The summed E-state index contributed by atoms with van der Waals surface area (Å²) in [5.41, 5.74) is 1.26. The lowest BCUT2D eigenvalue weighted by Crippen LogP contribution is -2.26. The Hall–Kier alpha value is -1.53. The molecule has 1 atom stereocenters. The first-order valence-electron chi connectivity index (χ1n) is 5.86. The van der Waals surface area contributed by atoms with Crippen molar-refractivity contribution in [2.75, 3.05) is 27.2 Å². The largest absolute Gasteiger partial charge is 0.497 e. The maximum absolute atomic E-state index is 8.74. The second-order valence-corrected chi connectivity index (χ2v) is 4.39. The number of methoxy groups -OCH3 is 1. The van der Waals surface area contributed by atoms with E-state index in [0.717, 1.165) is 25.3 Å². The highest BCUT2D eigenvalue weighted by atomic mass is 16.5. The van der Waals surface area contributed by atoms with Gasteiger partial charge in [0.05, 0.1) is 19.1 Å². The Morgan fingerprint density at radius 2 is 2.24 bits per heavy atom. The third-order valence-corrected chi connectivity index (χ3v) is 2.72. The molecule has 1 unspecified atom stereocenters. The summed E-state index contributed by atoms with van der Waals surface area (Å²) < 4.78 is 5.19. The standard InChI is InChI=1S/C14H20N2O/c1-12(10-15)11-16(2)8-7-13-5-4-6-14(9-13)17-3/h4-6,9,12H,7-8,11H2,1-3H3. The Kier molecular flexibility index (Phi) is 5.51. The first-order chi connectivity index (χ1) is 8.15. The normalized spacial score (nSPS) is 12.2. The van der Waals surface area contributed by atoms with Crippen LogP contribution >= 0.6 is 0 Å². The Morgan fingerprint density at radius 3 is 2.88 bits per heavy atom. The molecule has 0 spiro atoms. The van der Waals surface area contributed by atoms with Gasteiger partial charge in [0.15, 0.2) is 0 Å². The molecule has 1 rings (SSSR count). The lowest BCUT2D eigenvalue weighted by molar-refractivity contribution is 0.314. The van der Waals surface area contributed by atoms with E-state index in [0.29, 0.717) is 0 Å². The quantitative estimate of drug-likeness (QED) is 0.755. The Bertz CT molecular complexity index is 384. The van der Waals surface area contributed by atoms with Gasteiger partial charge in [0.25, 0.3) is 0 Å². The van der Waals surface area contributed by atoms with Crippen molar-refractivity contribution in [1.82, 2.24) is 4.90 Å². The number of hydrogen-bond donors (Lipinski definition) is 0. The molecule has 0 bridgehead atoms. The number of benzene rings is 1. The van der Waals surface area contributed by atoms with Crippen molar-refractivity contribution < 1.29 is 4.74 Å². The molecule has 0 aromatic heterocycles. The van der Waals surface area contributed by atoms with Crippen LogP contribution in [0.3, 0.4) is 0 Å². The molecule has 3 heteroatoms. The van der Waals surface area contributed by atoms with Gasteiger partial charge in [0.1, 0.15) is 5.75 Å². The third kappa shape index (κ3) is 4.88. The van der Waals surface area contributed by atoms with Gasteiger partial charge >= 0.3 is 0 Å². The van der Waals surface area contributed by atoms with Gasteiger partial charge in [0, 0.05) is 13.1 Å². The highest BCUT2D eigenvalue weighted by molar-refractivity contribution is 5.28. The van der Waals surface area contributed by atoms with Gasteiger partial charge in [-0.25, -0.2) is 0 Å². The molecule has 0 saturated carbocycles. The summed E-state index contributed by atoms with van der Waals surface area (Å²) in [7, 11) is 3.73. The van der Waals surface area contributed by atoms with Gasteiger partial charge in [-0.15, -0.1) is 0 Å². The van der Waals surface area contributed by atoms with E-state index in [1.165, 1.54) is 5.56 Å². The summed E-state index contributed by atoms with van der Waals surface area (Å²) in [5, 5.41) is 8.74. The van der Waals surface area contributed by atoms with Crippen molar-refractivity contribution in [3.05, 3.63) is 29.8 Å². The Balaban J connectivity index is 2.42. The van der Waals surface area contributed by atoms with Crippen LogP contribution in [0.2, 0.25) is 0 Å². The molecule has 0 N–H and O–H groups in total. The van der Waals surface area contributed by atoms with Crippen LogP contribution in [0.5, 0.6) is 5.75 Å². The number of hydrogen-bond acceptors (Lipinski definition) is 3. The minimum atomic E-state index is 0.0882. The average Bonchev–Trinajstić information content (AvgIpc) is 2.36. The summed E-state index contributed by atoms with van der Waals surface area (Å²) in [4.78, 5) is 2.19. The van der Waals surface area contributed by atoms with Crippen molar-refractivity contribution in [1.29, 1.82) is 5.26 Å². The zero-order valence-electron chi connectivity index (χ0n) is 10.8. The van der Waals surface area contributed by atoms with Gasteiger partial charge in [-0.05, 0) is 38.1 Å². The fourth-order valence-electron chi connectivity index (χ4n) is 1.75. The van der Waals surface area contributed by atoms with Crippen LogP contribution in [-0.2, 0) is 6.42 Å². The van der Waals surface area contributed by atoms with Crippen LogP contribution in [0.15, 0.2) is 24.3 Å². The number of nitriles is 1. The molecule has 0 fully saturated rings. The summed E-state index contributed by atoms with van der Waals surface area (Å²) in [6, 6.07) is 10.4. The zero-order chi connectivity index (χ0) is 12.7. The van der Waals surface area contributed by atoms with Gasteiger partial charge < -0.3 is 9.64 Å². The molecule has 0 aliphatic carbocycles. The Morgan fingerprint density at radius 1 is 1.47 bits per heavy atom. The zero-order valence-corrected chi connectivity index (χ0v) is 10.8. The summed E-state index contributed by atoms with van der Waals surface area (Å²) >= 11 is 0. The van der Waals surface area contributed by atoms with Crippen LogP contribution in [0.1, 0.15) is 12.5 Å². The number of nitrogens with zero attached hydrogens (tertiary/aromatic N) is 2. The first kappa shape index (κ1) is 13.5. The lowest BCUT2D eigenvalue weighted by Gasteiger charge is -2.17. The van der Waals surface area contributed by atoms with E-state index in [9.17, 15) is 0 Å². The Labute approximate surface area is 104 Å². The maximum Gasteiger partial charge on any atom is 0.119 e. The van der Waals surface area contributed by atoms with E-state index < -0.39 is 0 Å².